The van der Waals surface area contributed by atoms with Crippen LogP contribution in [-0.2, 0) is 6.42 Å². The standard InChI is InChI=1S/C24H29N5OS/c1-2-3-17-15-26-23(27-16-17)29-12-8-20(9-13-29)30-24-28-21-5-4-19(14-22(21)31-24)18-6-10-25-11-7-18/h4-6,14-16,20,25H,2-3,7-13H2,1H3. The average Bonchev–Trinajstić information content (AvgIpc) is 3.22. The molecule has 0 aliphatic carbocycles. The minimum atomic E-state index is 0.197. The molecule has 2 aliphatic rings. The van der Waals surface area contributed by atoms with Gasteiger partial charge in [0, 0.05) is 44.9 Å². The highest BCUT2D eigenvalue weighted by Crippen LogP contribution is 2.33. The topological polar surface area (TPSA) is 63.2 Å². The molecule has 4 heterocycles. The molecular weight excluding hydrogens is 406 g/mol. The maximum absolute atomic E-state index is 6.28. The van der Waals surface area contributed by atoms with Gasteiger partial charge < -0.3 is 15.0 Å². The molecule has 162 valence electrons. The highest BCUT2D eigenvalue weighted by Gasteiger charge is 2.23. The molecule has 0 bridgehead atoms. The molecule has 31 heavy (non-hydrogen) atoms. The highest BCUT2D eigenvalue weighted by atomic mass is 32.1. The number of aromatic nitrogens is 3. The molecule has 7 heteroatoms. The molecule has 0 saturated carbocycles. The van der Waals surface area contributed by atoms with Crippen molar-refractivity contribution in [2.24, 2.45) is 0 Å². The van der Waals surface area contributed by atoms with E-state index in [0.717, 1.165) is 74.9 Å². The average molecular weight is 436 g/mol. The number of hydrogen-bond donors (Lipinski definition) is 1. The van der Waals surface area contributed by atoms with Crippen molar-refractivity contribution in [3.63, 3.8) is 0 Å². The van der Waals surface area contributed by atoms with Crippen molar-refractivity contribution >= 4 is 33.1 Å². The summed E-state index contributed by atoms with van der Waals surface area (Å²) in [6.07, 6.45) is 11.6. The van der Waals surface area contributed by atoms with Gasteiger partial charge in [0.1, 0.15) is 6.10 Å². The largest absolute Gasteiger partial charge is 0.467 e. The molecule has 2 aromatic heterocycles. The Balaban J connectivity index is 1.20. The van der Waals surface area contributed by atoms with Gasteiger partial charge in [0.15, 0.2) is 0 Å². The maximum atomic E-state index is 6.28. The second-order valence-electron chi connectivity index (χ2n) is 8.29. The summed E-state index contributed by atoms with van der Waals surface area (Å²) < 4.78 is 7.48. The summed E-state index contributed by atoms with van der Waals surface area (Å²) in [5.41, 5.74) is 4.97. The first-order valence-corrected chi connectivity index (χ1v) is 12.1. The summed E-state index contributed by atoms with van der Waals surface area (Å²) in [5, 5.41) is 4.16. The lowest BCUT2D eigenvalue weighted by molar-refractivity contribution is 0.170. The number of rotatable bonds is 6. The minimum Gasteiger partial charge on any atom is -0.467 e. The minimum absolute atomic E-state index is 0.197. The van der Waals surface area contributed by atoms with Crippen LogP contribution in [-0.4, -0.2) is 47.2 Å². The Kier molecular flexibility index (Phi) is 6.13. The zero-order valence-corrected chi connectivity index (χ0v) is 18.8. The Morgan fingerprint density at radius 1 is 1.19 bits per heavy atom. The molecule has 3 aromatic rings. The summed E-state index contributed by atoms with van der Waals surface area (Å²) in [5.74, 6) is 0.832. The first-order chi connectivity index (χ1) is 15.3. The van der Waals surface area contributed by atoms with Crippen molar-refractivity contribution in [3.8, 4) is 5.19 Å². The summed E-state index contributed by atoms with van der Waals surface area (Å²) in [6, 6.07) is 6.57. The molecular formula is C24H29N5OS. The van der Waals surface area contributed by atoms with Crippen LogP contribution in [0.15, 0.2) is 36.7 Å². The van der Waals surface area contributed by atoms with Gasteiger partial charge in [0.2, 0.25) is 5.95 Å². The second kappa shape index (κ2) is 9.32. The molecule has 6 nitrogen and oxygen atoms in total. The number of aryl methyl sites for hydroxylation is 1. The van der Waals surface area contributed by atoms with E-state index in [4.69, 9.17) is 9.72 Å². The first-order valence-electron chi connectivity index (χ1n) is 11.3. The lowest BCUT2D eigenvalue weighted by Gasteiger charge is -2.31. The van der Waals surface area contributed by atoms with Crippen LogP contribution in [0.4, 0.5) is 5.95 Å². The zero-order valence-electron chi connectivity index (χ0n) is 18.0. The van der Waals surface area contributed by atoms with Gasteiger partial charge in [-0.05, 0) is 48.2 Å². The molecule has 0 unspecified atom stereocenters. The van der Waals surface area contributed by atoms with Crippen molar-refractivity contribution in [2.75, 3.05) is 31.1 Å². The van der Waals surface area contributed by atoms with E-state index in [-0.39, 0.29) is 6.10 Å². The van der Waals surface area contributed by atoms with Crippen LogP contribution < -0.4 is 15.0 Å². The normalized spacial score (nSPS) is 17.7. The zero-order chi connectivity index (χ0) is 21.0. The van der Waals surface area contributed by atoms with Crippen LogP contribution >= 0.6 is 11.3 Å². The summed E-state index contributed by atoms with van der Waals surface area (Å²) in [7, 11) is 0. The first kappa shape index (κ1) is 20.4. The van der Waals surface area contributed by atoms with E-state index >= 15 is 0 Å². The summed E-state index contributed by atoms with van der Waals surface area (Å²) >= 11 is 1.66. The van der Waals surface area contributed by atoms with E-state index in [0.29, 0.717) is 0 Å². The quantitative estimate of drug-likeness (QED) is 0.617. The molecule has 2 aliphatic heterocycles. The van der Waals surface area contributed by atoms with Gasteiger partial charge in [-0.2, -0.15) is 0 Å². The number of fused-ring (bicyclic) bond motifs is 1. The molecule has 0 radical (unpaired) electrons. The Bertz CT molecular complexity index is 1050. The Hall–Kier alpha value is -2.51. The number of anilines is 1. The van der Waals surface area contributed by atoms with Crippen molar-refractivity contribution < 1.29 is 4.74 Å². The second-order valence-corrected chi connectivity index (χ2v) is 9.28. The SMILES string of the molecule is CCCc1cnc(N2CCC(Oc3nc4ccc(C5=CCNCC5)cc4s3)CC2)nc1. The maximum Gasteiger partial charge on any atom is 0.274 e. The van der Waals surface area contributed by atoms with Gasteiger partial charge in [0.25, 0.3) is 5.19 Å². The van der Waals surface area contributed by atoms with Gasteiger partial charge in [-0.3, -0.25) is 0 Å². The van der Waals surface area contributed by atoms with Crippen LogP contribution in [0.5, 0.6) is 5.19 Å². The van der Waals surface area contributed by atoms with Crippen LogP contribution in [0.1, 0.15) is 43.7 Å². The van der Waals surface area contributed by atoms with Gasteiger partial charge in [-0.1, -0.05) is 36.8 Å². The van der Waals surface area contributed by atoms with E-state index in [1.807, 2.05) is 12.4 Å². The van der Waals surface area contributed by atoms with E-state index in [2.05, 4.69) is 51.4 Å². The fourth-order valence-corrected chi connectivity index (χ4v) is 5.20. The van der Waals surface area contributed by atoms with Crippen molar-refractivity contribution in [3.05, 3.63) is 47.8 Å². The molecule has 0 spiro atoms. The monoisotopic (exact) mass is 435 g/mol. The smallest absolute Gasteiger partial charge is 0.274 e. The van der Waals surface area contributed by atoms with Gasteiger partial charge in [-0.25, -0.2) is 15.0 Å². The fourth-order valence-electron chi connectivity index (χ4n) is 4.28. The lowest BCUT2D eigenvalue weighted by atomic mass is 10.0. The number of nitrogens with zero attached hydrogens (tertiary/aromatic N) is 4. The Labute approximate surface area is 187 Å². The highest BCUT2D eigenvalue weighted by molar-refractivity contribution is 7.20. The van der Waals surface area contributed by atoms with E-state index in [1.165, 1.54) is 21.4 Å². The third-order valence-electron chi connectivity index (χ3n) is 6.03. The third-order valence-corrected chi connectivity index (χ3v) is 6.94. The van der Waals surface area contributed by atoms with Crippen LogP contribution in [0, 0.1) is 0 Å². The third kappa shape index (κ3) is 4.72. The van der Waals surface area contributed by atoms with Crippen LogP contribution in [0.2, 0.25) is 0 Å². The van der Waals surface area contributed by atoms with Gasteiger partial charge in [-0.15, -0.1) is 0 Å². The predicted molar refractivity (Wildman–Crippen MR) is 127 cm³/mol. The number of benzene rings is 1. The molecule has 1 N–H and O–H groups in total. The number of ether oxygens (including phenoxy) is 1. The predicted octanol–water partition coefficient (Wildman–Crippen LogP) is 4.46. The van der Waals surface area contributed by atoms with Gasteiger partial charge >= 0.3 is 0 Å². The van der Waals surface area contributed by atoms with E-state index in [1.54, 1.807) is 11.3 Å². The lowest BCUT2D eigenvalue weighted by Crippen LogP contribution is -2.39. The van der Waals surface area contributed by atoms with Crippen LogP contribution in [0.25, 0.3) is 15.8 Å². The number of hydrogen-bond acceptors (Lipinski definition) is 7. The van der Waals surface area contributed by atoms with Crippen molar-refractivity contribution in [1.29, 1.82) is 0 Å². The fraction of sp³-hybridized carbons (Fsp3) is 0.458. The molecule has 5 rings (SSSR count). The van der Waals surface area contributed by atoms with Gasteiger partial charge in [0.05, 0.1) is 10.2 Å². The van der Waals surface area contributed by atoms with Crippen molar-refractivity contribution in [2.45, 2.75) is 45.1 Å². The van der Waals surface area contributed by atoms with Crippen molar-refractivity contribution in [1.82, 2.24) is 20.3 Å². The Morgan fingerprint density at radius 3 is 2.77 bits per heavy atom. The number of nitrogens with one attached hydrogen (secondary N) is 1. The molecule has 0 amide bonds. The molecule has 1 aromatic carbocycles. The van der Waals surface area contributed by atoms with Crippen LogP contribution in [0.3, 0.4) is 0 Å². The Morgan fingerprint density at radius 2 is 2.03 bits per heavy atom. The van der Waals surface area contributed by atoms with E-state index in [9.17, 15) is 0 Å². The van der Waals surface area contributed by atoms with E-state index < -0.39 is 0 Å². The summed E-state index contributed by atoms with van der Waals surface area (Å²) in [6.45, 7) is 6.00. The number of piperidine rings is 1. The molecule has 1 fully saturated rings. The number of thiazole rings is 1. The molecule has 0 atom stereocenters. The molecule has 1 saturated heterocycles. The summed E-state index contributed by atoms with van der Waals surface area (Å²) in [4.78, 5) is 16.1.